The van der Waals surface area contributed by atoms with Gasteiger partial charge in [0.25, 0.3) is 0 Å². The number of likely N-dealkylation sites (N-methyl/N-ethyl adjacent to an activating group) is 1. The van der Waals surface area contributed by atoms with Gasteiger partial charge < -0.3 is 14.7 Å². The number of nitrogens with zero attached hydrogens (tertiary/aromatic N) is 5. The van der Waals surface area contributed by atoms with E-state index < -0.39 is 22.2 Å². The highest BCUT2D eigenvalue weighted by molar-refractivity contribution is 5.45. The lowest BCUT2D eigenvalue weighted by Crippen LogP contribution is -2.43. The van der Waals surface area contributed by atoms with Gasteiger partial charge in [0.1, 0.15) is 29.9 Å². The number of hydrogen-bond donors (Lipinski definition) is 1. The van der Waals surface area contributed by atoms with Gasteiger partial charge in [-0.25, -0.2) is 18.4 Å². The molecule has 0 saturated carbocycles. The van der Waals surface area contributed by atoms with Crippen LogP contribution in [-0.4, -0.2) is 56.4 Å². The molecule has 0 fully saturated rings. The van der Waals surface area contributed by atoms with Gasteiger partial charge in [-0.05, 0) is 38.6 Å². The molecule has 11 heteroatoms. The Balaban J connectivity index is 1.57. The zero-order valence-corrected chi connectivity index (χ0v) is 18.1. The van der Waals surface area contributed by atoms with Crippen LogP contribution in [0.1, 0.15) is 18.4 Å². The molecule has 0 spiro atoms. The Morgan fingerprint density at radius 1 is 1.24 bits per heavy atom. The van der Waals surface area contributed by atoms with Crippen LogP contribution >= 0.6 is 0 Å². The number of hydrogen-bond acceptors (Lipinski definition) is 7. The van der Waals surface area contributed by atoms with Crippen LogP contribution in [0.2, 0.25) is 0 Å². The van der Waals surface area contributed by atoms with E-state index in [1.807, 2.05) is 4.90 Å². The van der Waals surface area contributed by atoms with E-state index in [0.717, 1.165) is 12.1 Å². The molecule has 2 aromatic carbocycles. The lowest BCUT2D eigenvalue weighted by Gasteiger charge is -2.33. The smallest absolute Gasteiger partial charge is 0.310 e. The Hall–Kier alpha value is -3.44. The van der Waals surface area contributed by atoms with E-state index >= 15 is 0 Å². The fourth-order valence-electron chi connectivity index (χ4n) is 3.59. The summed E-state index contributed by atoms with van der Waals surface area (Å²) in [4.78, 5) is 16.2. The first kappa shape index (κ1) is 24.2. The summed E-state index contributed by atoms with van der Waals surface area (Å²) in [5, 5.41) is 26.4. The molecule has 3 aromatic rings. The molecule has 0 aliphatic carbocycles. The van der Waals surface area contributed by atoms with Crippen LogP contribution in [0.3, 0.4) is 0 Å². The van der Waals surface area contributed by atoms with Crippen molar-refractivity contribution in [2.45, 2.75) is 25.0 Å². The first-order valence-corrected chi connectivity index (χ1v) is 10.3. The molecule has 0 radical (unpaired) electrons. The van der Waals surface area contributed by atoms with Gasteiger partial charge in [-0.3, -0.25) is 10.1 Å². The quantitative estimate of drug-likeness (QED) is 0.251. The first-order chi connectivity index (χ1) is 15.8. The Morgan fingerprint density at radius 2 is 2.03 bits per heavy atom. The van der Waals surface area contributed by atoms with Crippen LogP contribution in [0.4, 0.5) is 14.5 Å². The SMILES string of the molecule is CN(CCCCOc1ccccc1[N+](=O)[O-])CC(O)(Cn1cncn1)c1ccc(F)cc1F. The Bertz CT molecular complexity index is 1070. The van der Waals surface area contributed by atoms with Gasteiger partial charge in [0.15, 0.2) is 5.75 Å². The molecule has 1 heterocycles. The van der Waals surface area contributed by atoms with E-state index in [1.54, 1.807) is 25.2 Å². The Labute approximate surface area is 189 Å². The van der Waals surface area contributed by atoms with Crippen LogP contribution < -0.4 is 4.74 Å². The van der Waals surface area contributed by atoms with Gasteiger partial charge in [-0.15, -0.1) is 0 Å². The standard InChI is InChI=1S/C22H25F2N5O4/c1-27(10-4-5-11-33-21-7-3-2-6-20(21)29(31)32)13-22(30,14-28-16-25-15-26-28)18-9-8-17(23)12-19(18)24/h2-3,6-9,12,15-16,30H,4-5,10-11,13-14H2,1H3. The van der Waals surface area contributed by atoms with Gasteiger partial charge in [-0.2, -0.15) is 5.10 Å². The van der Waals surface area contributed by atoms with Gasteiger partial charge >= 0.3 is 5.69 Å². The highest BCUT2D eigenvalue weighted by Crippen LogP contribution is 2.28. The summed E-state index contributed by atoms with van der Waals surface area (Å²) in [6.07, 6.45) is 4.00. The molecule has 0 saturated heterocycles. The van der Waals surface area contributed by atoms with Crippen molar-refractivity contribution >= 4 is 5.69 Å². The molecule has 33 heavy (non-hydrogen) atoms. The fraction of sp³-hybridized carbons (Fsp3) is 0.364. The number of benzene rings is 2. The van der Waals surface area contributed by atoms with Gasteiger partial charge in [0.05, 0.1) is 18.1 Å². The highest BCUT2D eigenvalue weighted by atomic mass is 19.1. The number of nitro benzene ring substituents is 1. The van der Waals surface area contributed by atoms with Crippen LogP contribution in [0, 0.1) is 21.7 Å². The largest absolute Gasteiger partial charge is 0.487 e. The normalized spacial score (nSPS) is 13.1. The van der Waals surface area contributed by atoms with Crippen LogP contribution in [-0.2, 0) is 12.1 Å². The molecule has 0 aliphatic rings. The van der Waals surface area contributed by atoms with Gasteiger partial charge in [-0.1, -0.05) is 18.2 Å². The lowest BCUT2D eigenvalue weighted by atomic mass is 9.92. The van der Waals surface area contributed by atoms with Crippen molar-refractivity contribution in [3.05, 3.63) is 82.4 Å². The molecule has 9 nitrogen and oxygen atoms in total. The summed E-state index contributed by atoms with van der Waals surface area (Å²) < 4.78 is 34.8. The molecular weight excluding hydrogens is 436 g/mol. The topological polar surface area (TPSA) is 107 Å². The molecule has 1 unspecified atom stereocenters. The van der Waals surface area contributed by atoms with Crippen molar-refractivity contribution in [3.63, 3.8) is 0 Å². The molecule has 0 bridgehead atoms. The predicted octanol–water partition coefficient (Wildman–Crippen LogP) is 3.14. The average molecular weight is 461 g/mol. The van der Waals surface area contributed by atoms with E-state index in [1.165, 1.54) is 29.5 Å². The summed E-state index contributed by atoms with van der Waals surface area (Å²) in [6, 6.07) is 9.24. The number of nitro groups is 1. The summed E-state index contributed by atoms with van der Waals surface area (Å²) in [6.45, 7) is 0.818. The number of ether oxygens (including phenoxy) is 1. The summed E-state index contributed by atoms with van der Waals surface area (Å²) in [5.41, 5.74) is -1.80. The third-order valence-corrected chi connectivity index (χ3v) is 5.11. The minimum absolute atomic E-state index is 0.0361. The summed E-state index contributed by atoms with van der Waals surface area (Å²) in [5.74, 6) is -1.36. The van der Waals surface area contributed by atoms with E-state index in [0.29, 0.717) is 19.4 Å². The fourth-order valence-corrected chi connectivity index (χ4v) is 3.59. The second kappa shape index (κ2) is 10.9. The molecule has 176 valence electrons. The first-order valence-electron chi connectivity index (χ1n) is 10.3. The third-order valence-electron chi connectivity index (χ3n) is 5.11. The maximum atomic E-state index is 14.5. The minimum atomic E-state index is -1.68. The molecule has 0 amide bonds. The Kier molecular flexibility index (Phi) is 8.01. The molecule has 3 rings (SSSR count). The van der Waals surface area contributed by atoms with Crippen molar-refractivity contribution in [2.24, 2.45) is 0 Å². The average Bonchev–Trinajstić information content (AvgIpc) is 3.26. The summed E-state index contributed by atoms with van der Waals surface area (Å²) in [7, 11) is 1.77. The number of para-hydroxylation sites is 2. The number of aromatic nitrogens is 3. The van der Waals surface area contributed by atoms with E-state index in [9.17, 15) is 24.0 Å². The van der Waals surface area contributed by atoms with E-state index in [2.05, 4.69) is 10.1 Å². The lowest BCUT2D eigenvalue weighted by molar-refractivity contribution is -0.385. The van der Waals surface area contributed by atoms with Crippen LogP contribution in [0.25, 0.3) is 0 Å². The van der Waals surface area contributed by atoms with Crippen molar-refractivity contribution in [2.75, 3.05) is 26.7 Å². The predicted molar refractivity (Wildman–Crippen MR) is 116 cm³/mol. The monoisotopic (exact) mass is 461 g/mol. The summed E-state index contributed by atoms with van der Waals surface area (Å²) >= 11 is 0. The highest BCUT2D eigenvalue weighted by Gasteiger charge is 2.34. The number of unbranched alkanes of at least 4 members (excludes halogenated alkanes) is 1. The number of aliphatic hydroxyl groups is 1. The second-order valence-electron chi connectivity index (χ2n) is 7.77. The van der Waals surface area contributed by atoms with E-state index in [4.69, 9.17) is 4.74 Å². The van der Waals surface area contributed by atoms with Gasteiger partial charge in [0, 0.05) is 24.2 Å². The van der Waals surface area contributed by atoms with Gasteiger partial charge in [0.2, 0.25) is 0 Å². The number of rotatable bonds is 12. The molecule has 1 N–H and O–H groups in total. The molecule has 0 aliphatic heterocycles. The number of halogens is 2. The van der Waals surface area contributed by atoms with E-state index in [-0.39, 0.29) is 36.7 Å². The van der Waals surface area contributed by atoms with Crippen LogP contribution in [0.15, 0.2) is 55.1 Å². The maximum Gasteiger partial charge on any atom is 0.310 e. The van der Waals surface area contributed by atoms with Crippen molar-refractivity contribution in [1.82, 2.24) is 19.7 Å². The molecule has 1 aromatic heterocycles. The van der Waals surface area contributed by atoms with Crippen molar-refractivity contribution < 1.29 is 23.5 Å². The van der Waals surface area contributed by atoms with Crippen LogP contribution in [0.5, 0.6) is 5.75 Å². The Morgan fingerprint density at radius 3 is 2.73 bits per heavy atom. The maximum absolute atomic E-state index is 14.5. The zero-order chi connectivity index (χ0) is 23.8. The molecule has 1 atom stereocenters. The third kappa shape index (κ3) is 6.53. The second-order valence-corrected chi connectivity index (χ2v) is 7.77. The van der Waals surface area contributed by atoms with Crippen molar-refractivity contribution in [1.29, 1.82) is 0 Å². The zero-order valence-electron chi connectivity index (χ0n) is 18.1. The van der Waals surface area contributed by atoms with Crippen molar-refractivity contribution in [3.8, 4) is 5.75 Å². The molecular formula is C22H25F2N5O4. The minimum Gasteiger partial charge on any atom is -0.487 e.